The third-order valence-electron chi connectivity index (χ3n) is 3.56. The Hall–Kier alpha value is -1.78. The lowest BCUT2D eigenvalue weighted by molar-refractivity contribution is 0.0839. The number of hydrogen-bond donors (Lipinski definition) is 0. The van der Waals surface area contributed by atoms with Crippen LogP contribution < -0.4 is 4.90 Å². The van der Waals surface area contributed by atoms with Gasteiger partial charge in [0.05, 0.1) is 6.61 Å². The minimum absolute atomic E-state index is 0.139. The number of rotatable bonds is 4. The molecule has 0 N–H and O–H groups in total. The SMILES string of the molecule is CCCCOC(=O)N1CCN(c2ccccn2)CC1C. The van der Waals surface area contributed by atoms with Crippen LogP contribution in [0.1, 0.15) is 26.7 Å². The predicted molar refractivity (Wildman–Crippen MR) is 78.9 cm³/mol. The first-order valence-electron chi connectivity index (χ1n) is 7.31. The van der Waals surface area contributed by atoms with Crippen molar-refractivity contribution in [3.05, 3.63) is 24.4 Å². The van der Waals surface area contributed by atoms with Crippen molar-refractivity contribution >= 4 is 11.9 Å². The van der Waals surface area contributed by atoms with Crippen molar-refractivity contribution in [2.45, 2.75) is 32.7 Å². The lowest BCUT2D eigenvalue weighted by atomic mass is 10.2. The fourth-order valence-corrected chi connectivity index (χ4v) is 2.36. The van der Waals surface area contributed by atoms with Crippen LogP contribution in [0.15, 0.2) is 24.4 Å². The molecule has 1 unspecified atom stereocenters. The first kappa shape index (κ1) is 14.6. The number of hydrogen-bond acceptors (Lipinski definition) is 4. The molecule has 20 heavy (non-hydrogen) atoms. The first-order chi connectivity index (χ1) is 9.72. The topological polar surface area (TPSA) is 45.7 Å². The van der Waals surface area contributed by atoms with Crippen molar-refractivity contribution in [2.75, 3.05) is 31.1 Å². The highest BCUT2D eigenvalue weighted by Gasteiger charge is 2.28. The van der Waals surface area contributed by atoms with Gasteiger partial charge in [-0.3, -0.25) is 0 Å². The van der Waals surface area contributed by atoms with Crippen LogP contribution in [0.2, 0.25) is 0 Å². The Morgan fingerprint density at radius 1 is 1.45 bits per heavy atom. The van der Waals surface area contributed by atoms with Gasteiger partial charge in [-0.1, -0.05) is 19.4 Å². The normalized spacial score (nSPS) is 19.0. The number of piperazine rings is 1. The molecule has 0 radical (unpaired) electrons. The molecule has 0 aliphatic carbocycles. The molecule has 1 aromatic heterocycles. The Labute approximate surface area is 120 Å². The Bertz CT molecular complexity index is 424. The molecule has 2 heterocycles. The number of amides is 1. The lowest BCUT2D eigenvalue weighted by Crippen LogP contribution is -2.54. The van der Waals surface area contributed by atoms with Gasteiger partial charge in [-0.15, -0.1) is 0 Å². The molecule has 5 nitrogen and oxygen atoms in total. The van der Waals surface area contributed by atoms with E-state index in [4.69, 9.17) is 4.74 Å². The van der Waals surface area contributed by atoms with Gasteiger partial charge < -0.3 is 14.5 Å². The zero-order valence-electron chi connectivity index (χ0n) is 12.3. The number of unbranched alkanes of at least 4 members (excludes halogenated alkanes) is 1. The van der Waals surface area contributed by atoms with Gasteiger partial charge in [0.25, 0.3) is 0 Å². The fraction of sp³-hybridized carbons (Fsp3) is 0.600. The average molecular weight is 277 g/mol. The molecule has 1 amide bonds. The summed E-state index contributed by atoms with van der Waals surface area (Å²) in [5, 5.41) is 0. The number of carbonyl (C=O) groups is 1. The number of carbonyl (C=O) groups excluding carboxylic acids is 1. The summed E-state index contributed by atoms with van der Waals surface area (Å²) in [5.74, 6) is 0.971. The largest absolute Gasteiger partial charge is 0.449 e. The lowest BCUT2D eigenvalue weighted by Gasteiger charge is -2.39. The second-order valence-corrected chi connectivity index (χ2v) is 5.14. The van der Waals surface area contributed by atoms with Crippen LogP contribution in [-0.2, 0) is 4.74 Å². The summed E-state index contributed by atoms with van der Waals surface area (Å²) in [6.07, 6.45) is 3.57. The van der Waals surface area contributed by atoms with Crippen LogP contribution in [0.5, 0.6) is 0 Å². The number of ether oxygens (including phenoxy) is 1. The van der Waals surface area contributed by atoms with Crippen LogP contribution in [0.3, 0.4) is 0 Å². The standard InChI is InChI=1S/C15H23N3O2/c1-3-4-11-20-15(19)18-10-9-17(12-13(18)2)14-7-5-6-8-16-14/h5-8,13H,3-4,9-12H2,1-2H3. The van der Waals surface area contributed by atoms with Crippen molar-refractivity contribution in [1.82, 2.24) is 9.88 Å². The third kappa shape index (κ3) is 3.62. The molecular weight excluding hydrogens is 254 g/mol. The van der Waals surface area contributed by atoms with Gasteiger partial charge in [0.2, 0.25) is 0 Å². The van der Waals surface area contributed by atoms with Crippen LogP contribution >= 0.6 is 0 Å². The summed E-state index contributed by atoms with van der Waals surface area (Å²) >= 11 is 0. The Balaban J connectivity index is 1.87. The molecular formula is C15H23N3O2. The summed E-state index contributed by atoms with van der Waals surface area (Å²) < 4.78 is 5.29. The molecule has 0 aromatic carbocycles. The Morgan fingerprint density at radius 3 is 2.95 bits per heavy atom. The third-order valence-corrected chi connectivity index (χ3v) is 3.56. The van der Waals surface area contributed by atoms with Crippen molar-refractivity contribution in [3.8, 4) is 0 Å². The van der Waals surface area contributed by atoms with Crippen LogP contribution in [0.4, 0.5) is 10.6 Å². The molecule has 110 valence electrons. The van der Waals surface area contributed by atoms with Crippen molar-refractivity contribution < 1.29 is 9.53 Å². The van der Waals surface area contributed by atoms with Gasteiger partial charge in [0.15, 0.2) is 0 Å². The molecule has 0 saturated carbocycles. The van der Waals surface area contributed by atoms with Crippen molar-refractivity contribution in [2.24, 2.45) is 0 Å². The van der Waals surface area contributed by atoms with E-state index in [1.165, 1.54) is 0 Å². The molecule has 2 rings (SSSR count). The molecule has 1 atom stereocenters. The van der Waals surface area contributed by atoms with Crippen molar-refractivity contribution in [3.63, 3.8) is 0 Å². The number of pyridine rings is 1. The predicted octanol–water partition coefficient (Wildman–Crippen LogP) is 2.53. The monoisotopic (exact) mass is 277 g/mol. The maximum Gasteiger partial charge on any atom is 0.410 e. The fourth-order valence-electron chi connectivity index (χ4n) is 2.36. The maximum absolute atomic E-state index is 12.0. The van der Waals surface area contributed by atoms with E-state index in [1.54, 1.807) is 6.20 Å². The van der Waals surface area contributed by atoms with Gasteiger partial charge in [-0.25, -0.2) is 9.78 Å². The van der Waals surface area contributed by atoms with Crippen LogP contribution in [0, 0.1) is 0 Å². The molecule has 1 aliphatic rings. The van der Waals surface area contributed by atoms with Gasteiger partial charge in [-0.2, -0.15) is 0 Å². The van der Waals surface area contributed by atoms with E-state index in [-0.39, 0.29) is 12.1 Å². The van der Waals surface area contributed by atoms with E-state index in [2.05, 4.69) is 23.7 Å². The van der Waals surface area contributed by atoms with E-state index in [1.807, 2.05) is 23.1 Å². The summed E-state index contributed by atoms with van der Waals surface area (Å²) in [5.41, 5.74) is 0. The van der Waals surface area contributed by atoms with Gasteiger partial charge in [0.1, 0.15) is 5.82 Å². The first-order valence-corrected chi connectivity index (χ1v) is 7.31. The quantitative estimate of drug-likeness (QED) is 0.793. The van der Waals surface area contributed by atoms with Crippen molar-refractivity contribution in [1.29, 1.82) is 0 Å². The number of nitrogens with zero attached hydrogens (tertiary/aromatic N) is 3. The highest BCUT2D eigenvalue weighted by molar-refractivity contribution is 5.68. The molecule has 1 aromatic rings. The maximum atomic E-state index is 12.0. The zero-order chi connectivity index (χ0) is 14.4. The van der Waals surface area contributed by atoms with Crippen LogP contribution in [-0.4, -0.2) is 48.3 Å². The molecule has 0 spiro atoms. The molecule has 1 aliphatic heterocycles. The van der Waals surface area contributed by atoms with Gasteiger partial charge in [-0.05, 0) is 25.5 Å². The summed E-state index contributed by atoms with van der Waals surface area (Å²) in [6.45, 7) is 6.92. The van der Waals surface area contributed by atoms with Gasteiger partial charge in [0, 0.05) is 31.9 Å². The van der Waals surface area contributed by atoms with E-state index in [0.29, 0.717) is 13.2 Å². The Kier molecular flexibility index (Phi) is 5.21. The molecule has 1 saturated heterocycles. The Morgan fingerprint density at radius 2 is 2.30 bits per heavy atom. The van der Waals surface area contributed by atoms with E-state index < -0.39 is 0 Å². The smallest absolute Gasteiger partial charge is 0.410 e. The average Bonchev–Trinajstić information content (AvgIpc) is 2.48. The summed E-state index contributed by atoms with van der Waals surface area (Å²) in [7, 11) is 0. The zero-order valence-corrected chi connectivity index (χ0v) is 12.3. The minimum Gasteiger partial charge on any atom is -0.449 e. The van der Waals surface area contributed by atoms with Gasteiger partial charge >= 0.3 is 6.09 Å². The summed E-state index contributed by atoms with van der Waals surface area (Å²) in [4.78, 5) is 20.4. The van der Waals surface area contributed by atoms with E-state index >= 15 is 0 Å². The second-order valence-electron chi connectivity index (χ2n) is 5.14. The molecule has 0 bridgehead atoms. The van der Waals surface area contributed by atoms with E-state index in [9.17, 15) is 4.79 Å². The molecule has 1 fully saturated rings. The number of anilines is 1. The van der Waals surface area contributed by atoms with E-state index in [0.717, 1.165) is 31.7 Å². The minimum atomic E-state index is -0.188. The summed E-state index contributed by atoms with van der Waals surface area (Å²) in [6, 6.07) is 6.04. The highest BCUT2D eigenvalue weighted by atomic mass is 16.6. The second kappa shape index (κ2) is 7.12. The molecule has 5 heteroatoms. The van der Waals surface area contributed by atoms with Crippen LogP contribution in [0.25, 0.3) is 0 Å². The highest BCUT2D eigenvalue weighted by Crippen LogP contribution is 2.17. The number of aromatic nitrogens is 1.